The number of aromatic nitrogens is 2. The summed E-state index contributed by atoms with van der Waals surface area (Å²) in [5, 5.41) is 2.64. The van der Waals surface area contributed by atoms with Crippen molar-refractivity contribution < 1.29 is 13.6 Å². The number of nitrogens with zero attached hydrogens (tertiary/aromatic N) is 3. The van der Waals surface area contributed by atoms with Crippen LogP contribution in [0.5, 0.6) is 0 Å². The molecule has 0 saturated carbocycles. The first kappa shape index (κ1) is 17.2. The third kappa shape index (κ3) is 4.24. The molecule has 0 spiro atoms. The molecule has 0 aliphatic heterocycles. The van der Waals surface area contributed by atoms with Crippen molar-refractivity contribution in [3.05, 3.63) is 71.0 Å². The highest BCUT2D eigenvalue weighted by atomic mass is 32.1. The molecule has 7 heteroatoms. The van der Waals surface area contributed by atoms with Gasteiger partial charge in [-0.2, -0.15) is 0 Å². The molecule has 0 unspecified atom stereocenters. The molecule has 0 bridgehead atoms. The van der Waals surface area contributed by atoms with Crippen LogP contribution in [-0.2, 0) is 17.8 Å². The minimum absolute atomic E-state index is 0.146. The summed E-state index contributed by atoms with van der Waals surface area (Å²) in [5.41, 5.74) is 2.11. The fourth-order valence-corrected chi connectivity index (χ4v) is 3.11. The Morgan fingerprint density at radius 1 is 1.24 bits per heavy atom. The molecule has 0 atom stereocenters. The fourth-order valence-electron chi connectivity index (χ4n) is 2.30. The fraction of sp³-hybridized carbons (Fsp3) is 0.167. The van der Waals surface area contributed by atoms with Crippen molar-refractivity contribution in [1.82, 2.24) is 14.9 Å². The number of benzene rings is 1. The molecule has 2 heterocycles. The summed E-state index contributed by atoms with van der Waals surface area (Å²) in [4.78, 5) is 22.3. The highest BCUT2D eigenvalue weighted by Crippen LogP contribution is 2.23. The number of rotatable bonds is 5. The molecule has 2 aromatic heterocycles. The third-order valence-corrected chi connectivity index (χ3v) is 4.56. The number of carbonyl (C=O) groups excluding carboxylic acids is 1. The van der Waals surface area contributed by atoms with E-state index in [9.17, 15) is 13.6 Å². The van der Waals surface area contributed by atoms with Crippen LogP contribution in [0.1, 0.15) is 11.3 Å². The van der Waals surface area contributed by atoms with Crippen LogP contribution in [0, 0.1) is 11.6 Å². The van der Waals surface area contributed by atoms with E-state index in [-0.39, 0.29) is 18.9 Å². The maximum absolute atomic E-state index is 13.2. The normalized spacial score (nSPS) is 10.7. The molecule has 0 radical (unpaired) electrons. The Kier molecular flexibility index (Phi) is 5.14. The van der Waals surface area contributed by atoms with E-state index in [1.807, 2.05) is 17.5 Å². The summed E-state index contributed by atoms with van der Waals surface area (Å²) in [6.07, 6.45) is 3.56. The van der Waals surface area contributed by atoms with Gasteiger partial charge in [0.2, 0.25) is 5.91 Å². The highest BCUT2D eigenvalue weighted by molar-refractivity contribution is 7.13. The number of carbonyl (C=O) groups is 1. The molecule has 128 valence electrons. The van der Waals surface area contributed by atoms with Gasteiger partial charge in [-0.25, -0.2) is 13.8 Å². The molecule has 0 aliphatic carbocycles. The number of halogens is 2. The number of hydrogen-bond acceptors (Lipinski definition) is 4. The Labute approximate surface area is 147 Å². The largest absolute Gasteiger partial charge is 0.341 e. The van der Waals surface area contributed by atoms with Crippen molar-refractivity contribution in [2.75, 3.05) is 7.05 Å². The van der Waals surface area contributed by atoms with Gasteiger partial charge < -0.3 is 4.90 Å². The van der Waals surface area contributed by atoms with E-state index in [0.717, 1.165) is 22.7 Å². The number of pyridine rings is 1. The van der Waals surface area contributed by atoms with Crippen LogP contribution in [0.4, 0.5) is 8.78 Å². The van der Waals surface area contributed by atoms with Gasteiger partial charge >= 0.3 is 0 Å². The Bertz CT molecular complexity index is 883. The number of likely N-dealkylation sites (N-methyl/N-ethyl adjacent to an activating group) is 1. The van der Waals surface area contributed by atoms with E-state index in [0.29, 0.717) is 11.3 Å². The minimum Gasteiger partial charge on any atom is -0.341 e. The van der Waals surface area contributed by atoms with Gasteiger partial charge in [0, 0.05) is 36.9 Å². The Morgan fingerprint density at radius 3 is 2.80 bits per heavy atom. The standard InChI is InChI=1S/C18H15F2N3OS/c1-23(10-12-4-5-15(19)16(20)7-12)17(24)8-14-11-25-18(22-14)13-3-2-6-21-9-13/h2-7,9,11H,8,10H2,1H3. The van der Waals surface area contributed by atoms with E-state index in [1.54, 1.807) is 19.4 Å². The van der Waals surface area contributed by atoms with Gasteiger partial charge in [0.1, 0.15) is 5.01 Å². The SMILES string of the molecule is CN(Cc1ccc(F)c(F)c1)C(=O)Cc1csc(-c2cccnc2)n1. The second kappa shape index (κ2) is 7.48. The van der Waals surface area contributed by atoms with Crippen LogP contribution in [0.25, 0.3) is 10.6 Å². The molecule has 0 aliphatic rings. The number of thiazole rings is 1. The molecular formula is C18H15F2N3OS. The van der Waals surface area contributed by atoms with Gasteiger partial charge in [0.25, 0.3) is 0 Å². The molecule has 0 fully saturated rings. The van der Waals surface area contributed by atoms with Gasteiger partial charge in [-0.05, 0) is 29.8 Å². The van der Waals surface area contributed by atoms with Crippen LogP contribution in [-0.4, -0.2) is 27.8 Å². The zero-order valence-corrected chi connectivity index (χ0v) is 14.3. The van der Waals surface area contributed by atoms with Crippen molar-refractivity contribution in [2.24, 2.45) is 0 Å². The lowest BCUT2D eigenvalue weighted by atomic mass is 10.2. The first-order chi connectivity index (χ1) is 12.0. The maximum Gasteiger partial charge on any atom is 0.228 e. The lowest BCUT2D eigenvalue weighted by Crippen LogP contribution is -2.27. The molecule has 4 nitrogen and oxygen atoms in total. The average Bonchev–Trinajstić information content (AvgIpc) is 3.07. The van der Waals surface area contributed by atoms with E-state index in [1.165, 1.54) is 22.3 Å². The number of hydrogen-bond donors (Lipinski definition) is 0. The summed E-state index contributed by atoms with van der Waals surface area (Å²) in [7, 11) is 1.62. The van der Waals surface area contributed by atoms with Crippen LogP contribution >= 0.6 is 11.3 Å². The molecule has 3 aromatic rings. The molecule has 1 amide bonds. The van der Waals surface area contributed by atoms with Crippen molar-refractivity contribution in [3.63, 3.8) is 0 Å². The van der Waals surface area contributed by atoms with Gasteiger partial charge in [-0.15, -0.1) is 11.3 Å². The summed E-state index contributed by atoms with van der Waals surface area (Å²) in [6, 6.07) is 7.36. The van der Waals surface area contributed by atoms with Gasteiger partial charge in [0.05, 0.1) is 12.1 Å². The van der Waals surface area contributed by atoms with Gasteiger partial charge in [0.15, 0.2) is 11.6 Å². The molecular weight excluding hydrogens is 344 g/mol. The van der Waals surface area contributed by atoms with Crippen molar-refractivity contribution in [3.8, 4) is 10.6 Å². The lowest BCUT2D eigenvalue weighted by molar-refractivity contribution is -0.129. The Morgan fingerprint density at radius 2 is 2.08 bits per heavy atom. The van der Waals surface area contributed by atoms with Gasteiger partial charge in [-0.1, -0.05) is 6.07 Å². The third-order valence-electron chi connectivity index (χ3n) is 3.62. The van der Waals surface area contributed by atoms with Gasteiger partial charge in [-0.3, -0.25) is 9.78 Å². The predicted octanol–water partition coefficient (Wildman–Crippen LogP) is 3.68. The summed E-state index contributed by atoms with van der Waals surface area (Å²) < 4.78 is 26.2. The van der Waals surface area contributed by atoms with E-state index < -0.39 is 11.6 Å². The smallest absolute Gasteiger partial charge is 0.228 e. The zero-order valence-electron chi connectivity index (χ0n) is 13.4. The van der Waals surface area contributed by atoms with E-state index in [4.69, 9.17) is 0 Å². The van der Waals surface area contributed by atoms with Crippen LogP contribution in [0.15, 0.2) is 48.1 Å². The van der Waals surface area contributed by atoms with E-state index >= 15 is 0 Å². The summed E-state index contributed by atoms with van der Waals surface area (Å²) in [6.45, 7) is 0.204. The predicted molar refractivity (Wildman–Crippen MR) is 91.9 cm³/mol. The lowest BCUT2D eigenvalue weighted by Gasteiger charge is -2.16. The molecule has 0 saturated heterocycles. The average molecular weight is 359 g/mol. The molecule has 1 aromatic carbocycles. The van der Waals surface area contributed by atoms with Crippen LogP contribution < -0.4 is 0 Å². The zero-order chi connectivity index (χ0) is 17.8. The molecule has 0 N–H and O–H groups in total. The van der Waals surface area contributed by atoms with Crippen LogP contribution in [0.3, 0.4) is 0 Å². The topological polar surface area (TPSA) is 46.1 Å². The van der Waals surface area contributed by atoms with Crippen molar-refractivity contribution in [1.29, 1.82) is 0 Å². The Balaban J connectivity index is 1.63. The second-order valence-corrected chi connectivity index (χ2v) is 6.42. The molecule has 25 heavy (non-hydrogen) atoms. The monoisotopic (exact) mass is 359 g/mol. The first-order valence-electron chi connectivity index (χ1n) is 7.55. The number of amides is 1. The minimum atomic E-state index is -0.918. The second-order valence-electron chi connectivity index (χ2n) is 5.56. The summed E-state index contributed by atoms with van der Waals surface area (Å²) in [5.74, 6) is -1.96. The van der Waals surface area contributed by atoms with Crippen molar-refractivity contribution in [2.45, 2.75) is 13.0 Å². The van der Waals surface area contributed by atoms with Crippen molar-refractivity contribution >= 4 is 17.2 Å². The quantitative estimate of drug-likeness (QED) is 0.698. The van der Waals surface area contributed by atoms with E-state index in [2.05, 4.69) is 9.97 Å². The van der Waals surface area contributed by atoms with Crippen LogP contribution in [0.2, 0.25) is 0 Å². The Hall–Kier alpha value is -2.67. The first-order valence-corrected chi connectivity index (χ1v) is 8.43. The highest BCUT2D eigenvalue weighted by Gasteiger charge is 2.14. The summed E-state index contributed by atoms with van der Waals surface area (Å²) >= 11 is 1.45. The maximum atomic E-state index is 13.2. The molecule has 3 rings (SSSR count).